The largest absolute Gasteiger partial charge is 0.491 e. The van der Waals surface area contributed by atoms with Crippen LogP contribution in [-0.2, 0) is 0 Å². The monoisotopic (exact) mass is 277 g/mol. The second-order valence-electron chi connectivity index (χ2n) is 4.92. The summed E-state index contributed by atoms with van der Waals surface area (Å²) in [5.74, 6) is 0.610. The molecule has 4 nitrogen and oxygen atoms in total. The van der Waals surface area contributed by atoms with Crippen molar-refractivity contribution in [3.8, 4) is 11.4 Å². The van der Waals surface area contributed by atoms with Gasteiger partial charge < -0.3 is 10.1 Å². The van der Waals surface area contributed by atoms with Crippen molar-refractivity contribution >= 4 is 5.95 Å². The lowest BCUT2D eigenvalue weighted by Crippen LogP contribution is -2.14. The summed E-state index contributed by atoms with van der Waals surface area (Å²) < 4.78 is 21.0. The van der Waals surface area contributed by atoms with Crippen LogP contribution in [0.15, 0.2) is 24.4 Å². The van der Waals surface area contributed by atoms with Gasteiger partial charge in [-0.1, -0.05) is 0 Å². The molecule has 0 spiro atoms. The van der Waals surface area contributed by atoms with Crippen LogP contribution in [0, 0.1) is 12.7 Å². The quantitative estimate of drug-likeness (QED) is 0.908. The highest BCUT2D eigenvalue weighted by Crippen LogP contribution is 2.23. The van der Waals surface area contributed by atoms with Gasteiger partial charge in [-0.3, -0.25) is 4.57 Å². The Hall–Kier alpha value is -2.04. The van der Waals surface area contributed by atoms with Gasteiger partial charge in [0, 0.05) is 18.3 Å². The molecule has 0 aliphatic heterocycles. The minimum atomic E-state index is -0.369. The van der Waals surface area contributed by atoms with E-state index in [-0.39, 0.29) is 17.6 Å². The van der Waals surface area contributed by atoms with Gasteiger partial charge in [0.2, 0.25) is 5.95 Å². The Morgan fingerprint density at radius 2 is 2.15 bits per heavy atom. The van der Waals surface area contributed by atoms with E-state index in [0.29, 0.717) is 12.6 Å². The number of benzene rings is 1. The topological polar surface area (TPSA) is 39.1 Å². The van der Waals surface area contributed by atoms with Crippen molar-refractivity contribution in [1.29, 1.82) is 0 Å². The van der Waals surface area contributed by atoms with Gasteiger partial charge in [0.25, 0.3) is 0 Å². The van der Waals surface area contributed by atoms with E-state index >= 15 is 0 Å². The number of ether oxygens (including phenoxy) is 1. The zero-order chi connectivity index (χ0) is 14.7. The van der Waals surface area contributed by atoms with Crippen molar-refractivity contribution in [2.24, 2.45) is 0 Å². The maximum atomic E-state index is 13.9. The van der Waals surface area contributed by atoms with E-state index in [4.69, 9.17) is 4.74 Å². The summed E-state index contributed by atoms with van der Waals surface area (Å²) >= 11 is 0. The van der Waals surface area contributed by atoms with Crippen LogP contribution in [-0.4, -0.2) is 22.2 Å². The van der Waals surface area contributed by atoms with Crippen molar-refractivity contribution in [2.45, 2.75) is 33.7 Å². The predicted octanol–water partition coefficient (Wildman–Crippen LogP) is 3.54. The SMILES string of the molecule is CCOc1ccc(-n2cc(C)nc2NC(C)C)cc1F. The number of hydrogen-bond donors (Lipinski definition) is 1. The van der Waals surface area contributed by atoms with Crippen molar-refractivity contribution in [2.75, 3.05) is 11.9 Å². The molecule has 0 fully saturated rings. The fourth-order valence-corrected chi connectivity index (χ4v) is 1.97. The van der Waals surface area contributed by atoms with Crippen LogP contribution >= 0.6 is 0 Å². The number of aryl methyl sites for hydroxylation is 1. The highest BCUT2D eigenvalue weighted by molar-refractivity contribution is 5.46. The average Bonchev–Trinajstić information content (AvgIpc) is 2.72. The molecule has 108 valence electrons. The number of imidazole rings is 1. The summed E-state index contributed by atoms with van der Waals surface area (Å²) in [4.78, 5) is 4.41. The lowest BCUT2D eigenvalue weighted by Gasteiger charge is -2.13. The minimum Gasteiger partial charge on any atom is -0.491 e. The Kier molecular flexibility index (Phi) is 4.27. The van der Waals surface area contributed by atoms with Gasteiger partial charge >= 0.3 is 0 Å². The number of aromatic nitrogens is 2. The maximum absolute atomic E-state index is 13.9. The summed E-state index contributed by atoms with van der Waals surface area (Å²) in [6.45, 7) is 8.25. The van der Waals surface area contributed by atoms with Gasteiger partial charge in [-0.15, -0.1) is 0 Å². The van der Waals surface area contributed by atoms with Crippen molar-refractivity contribution in [3.63, 3.8) is 0 Å². The third kappa shape index (κ3) is 3.10. The molecule has 0 bridgehead atoms. The highest BCUT2D eigenvalue weighted by atomic mass is 19.1. The summed E-state index contributed by atoms with van der Waals surface area (Å²) in [5, 5.41) is 3.25. The third-order valence-corrected chi connectivity index (χ3v) is 2.74. The van der Waals surface area contributed by atoms with E-state index < -0.39 is 0 Å². The third-order valence-electron chi connectivity index (χ3n) is 2.74. The number of nitrogens with one attached hydrogen (secondary N) is 1. The molecule has 1 aromatic heterocycles. The fraction of sp³-hybridized carbons (Fsp3) is 0.400. The van der Waals surface area contributed by atoms with Crippen LogP contribution in [0.25, 0.3) is 5.69 Å². The van der Waals surface area contributed by atoms with Gasteiger partial charge in [0.15, 0.2) is 11.6 Å². The van der Waals surface area contributed by atoms with Crippen molar-refractivity contribution < 1.29 is 9.13 Å². The van der Waals surface area contributed by atoms with Gasteiger partial charge in [-0.2, -0.15) is 0 Å². The van der Waals surface area contributed by atoms with Gasteiger partial charge in [-0.05, 0) is 39.8 Å². The predicted molar refractivity (Wildman–Crippen MR) is 78.2 cm³/mol. The van der Waals surface area contributed by atoms with E-state index in [0.717, 1.165) is 11.4 Å². The van der Waals surface area contributed by atoms with Crippen LogP contribution in [0.4, 0.5) is 10.3 Å². The van der Waals surface area contributed by atoms with Crippen LogP contribution in [0.5, 0.6) is 5.75 Å². The molecule has 1 heterocycles. The molecule has 1 aromatic carbocycles. The Bertz CT molecular complexity index is 593. The van der Waals surface area contributed by atoms with E-state index in [1.54, 1.807) is 6.07 Å². The molecule has 1 N–H and O–H groups in total. The number of anilines is 1. The molecule has 20 heavy (non-hydrogen) atoms. The van der Waals surface area contributed by atoms with Crippen LogP contribution in [0.2, 0.25) is 0 Å². The zero-order valence-electron chi connectivity index (χ0n) is 12.3. The summed E-state index contributed by atoms with van der Waals surface area (Å²) in [7, 11) is 0. The Morgan fingerprint density at radius 3 is 2.75 bits per heavy atom. The van der Waals surface area contributed by atoms with Gasteiger partial charge in [-0.25, -0.2) is 9.37 Å². The minimum absolute atomic E-state index is 0.253. The van der Waals surface area contributed by atoms with Crippen molar-refractivity contribution in [3.05, 3.63) is 35.9 Å². The molecule has 0 amide bonds. The summed E-state index contributed by atoms with van der Waals surface area (Å²) in [5.41, 5.74) is 1.59. The molecule has 5 heteroatoms. The van der Waals surface area contributed by atoms with E-state index in [1.807, 2.05) is 44.5 Å². The van der Waals surface area contributed by atoms with Crippen LogP contribution in [0.1, 0.15) is 26.5 Å². The second kappa shape index (κ2) is 5.94. The molecule has 2 rings (SSSR count). The molecular formula is C15H20FN3O. The summed E-state index contributed by atoms with van der Waals surface area (Å²) in [6.07, 6.45) is 1.87. The van der Waals surface area contributed by atoms with Crippen molar-refractivity contribution in [1.82, 2.24) is 9.55 Å². The number of rotatable bonds is 5. The van der Waals surface area contributed by atoms with Gasteiger partial charge in [0.1, 0.15) is 0 Å². The van der Waals surface area contributed by atoms with Crippen LogP contribution < -0.4 is 10.1 Å². The number of nitrogens with zero attached hydrogens (tertiary/aromatic N) is 2. The highest BCUT2D eigenvalue weighted by Gasteiger charge is 2.11. The molecule has 0 aliphatic rings. The first kappa shape index (κ1) is 14.4. The maximum Gasteiger partial charge on any atom is 0.207 e. The lowest BCUT2D eigenvalue weighted by atomic mass is 10.3. The zero-order valence-corrected chi connectivity index (χ0v) is 12.3. The van der Waals surface area contributed by atoms with Crippen LogP contribution in [0.3, 0.4) is 0 Å². The number of halogens is 1. The van der Waals surface area contributed by atoms with E-state index in [2.05, 4.69) is 10.3 Å². The molecule has 0 radical (unpaired) electrons. The second-order valence-corrected chi connectivity index (χ2v) is 4.92. The average molecular weight is 277 g/mol. The molecular weight excluding hydrogens is 257 g/mol. The molecule has 0 saturated heterocycles. The Labute approximate surface area is 118 Å². The molecule has 0 unspecified atom stereocenters. The first-order valence-electron chi connectivity index (χ1n) is 6.76. The van der Waals surface area contributed by atoms with E-state index in [9.17, 15) is 4.39 Å². The molecule has 2 aromatic rings. The first-order valence-corrected chi connectivity index (χ1v) is 6.76. The Morgan fingerprint density at radius 1 is 1.40 bits per heavy atom. The first-order chi connectivity index (χ1) is 9.51. The lowest BCUT2D eigenvalue weighted by molar-refractivity contribution is 0.321. The summed E-state index contributed by atoms with van der Waals surface area (Å²) in [6, 6.07) is 5.17. The smallest absolute Gasteiger partial charge is 0.207 e. The normalized spacial score (nSPS) is 10.9. The number of hydrogen-bond acceptors (Lipinski definition) is 3. The molecule has 0 saturated carbocycles. The fourth-order valence-electron chi connectivity index (χ4n) is 1.97. The van der Waals surface area contributed by atoms with E-state index in [1.165, 1.54) is 6.07 Å². The molecule has 0 aliphatic carbocycles. The van der Waals surface area contributed by atoms with Gasteiger partial charge in [0.05, 0.1) is 18.0 Å². The molecule has 0 atom stereocenters. The standard InChI is InChI=1S/C15H20FN3O/c1-5-20-14-7-6-12(8-13(14)16)19-9-11(4)18-15(19)17-10(2)3/h6-10H,5H2,1-4H3,(H,17,18). The Balaban J connectivity index is 2.38.